The second-order valence-corrected chi connectivity index (χ2v) is 8.31. The molecule has 0 unspecified atom stereocenters. The van der Waals surface area contributed by atoms with Crippen LogP contribution < -0.4 is 10.2 Å². The predicted molar refractivity (Wildman–Crippen MR) is 130 cm³/mol. The first kappa shape index (κ1) is 20.9. The third-order valence-electron chi connectivity index (χ3n) is 5.69. The minimum Gasteiger partial charge on any atom is -0.478 e. The number of aryl methyl sites for hydroxylation is 1. The Kier molecular flexibility index (Phi) is 5.40. The fourth-order valence-corrected chi connectivity index (χ4v) is 4.52. The maximum atomic E-state index is 11.4. The highest BCUT2D eigenvalue weighted by Crippen LogP contribution is 2.43. The highest BCUT2D eigenvalue weighted by atomic mass is 32.1. The molecule has 1 fully saturated rings. The number of pyridine rings is 1. The SMILES string of the molecule is Cc1cccc(N2C(=S)N[C@H](c3ccccn3)[C@H]2c2ccc(-c3cccc(C(=O)O)c3)o2)c1. The maximum Gasteiger partial charge on any atom is 0.335 e. The third kappa shape index (κ3) is 3.99. The zero-order valence-corrected chi connectivity index (χ0v) is 18.6. The molecule has 3 heterocycles. The summed E-state index contributed by atoms with van der Waals surface area (Å²) in [6.45, 7) is 2.04. The van der Waals surface area contributed by atoms with E-state index >= 15 is 0 Å². The summed E-state index contributed by atoms with van der Waals surface area (Å²) in [7, 11) is 0. The molecule has 2 atom stereocenters. The lowest BCUT2D eigenvalue weighted by Gasteiger charge is -2.26. The topological polar surface area (TPSA) is 78.6 Å². The minimum absolute atomic E-state index is 0.210. The smallest absolute Gasteiger partial charge is 0.335 e. The van der Waals surface area contributed by atoms with Gasteiger partial charge in [-0.1, -0.05) is 30.3 Å². The van der Waals surface area contributed by atoms with Crippen LogP contribution in [0.1, 0.15) is 39.5 Å². The van der Waals surface area contributed by atoms with Crippen molar-refractivity contribution < 1.29 is 14.3 Å². The van der Waals surface area contributed by atoms with Gasteiger partial charge < -0.3 is 19.7 Å². The molecule has 1 aliphatic heterocycles. The van der Waals surface area contributed by atoms with Crippen molar-refractivity contribution in [1.82, 2.24) is 10.3 Å². The van der Waals surface area contributed by atoms with Crippen molar-refractivity contribution in [3.8, 4) is 11.3 Å². The van der Waals surface area contributed by atoms with Gasteiger partial charge in [-0.25, -0.2) is 4.79 Å². The van der Waals surface area contributed by atoms with Crippen LogP contribution in [0.2, 0.25) is 0 Å². The second kappa shape index (κ2) is 8.52. The first-order valence-electron chi connectivity index (χ1n) is 10.5. The van der Waals surface area contributed by atoms with Gasteiger partial charge in [-0.2, -0.15) is 0 Å². The van der Waals surface area contributed by atoms with E-state index in [4.69, 9.17) is 16.6 Å². The molecule has 1 aliphatic rings. The zero-order chi connectivity index (χ0) is 22.9. The van der Waals surface area contributed by atoms with Crippen molar-refractivity contribution in [1.29, 1.82) is 0 Å². The number of benzene rings is 2. The van der Waals surface area contributed by atoms with E-state index < -0.39 is 5.97 Å². The number of rotatable bonds is 5. The first-order valence-corrected chi connectivity index (χ1v) is 10.9. The fraction of sp³-hybridized carbons (Fsp3) is 0.115. The first-order chi connectivity index (χ1) is 16.0. The molecule has 0 bridgehead atoms. The number of carboxylic acid groups (broad SMARTS) is 1. The van der Waals surface area contributed by atoms with Gasteiger partial charge in [0.25, 0.3) is 0 Å². The fourth-order valence-electron chi connectivity index (χ4n) is 4.17. The van der Waals surface area contributed by atoms with Crippen LogP contribution in [-0.4, -0.2) is 21.2 Å². The lowest BCUT2D eigenvalue weighted by Crippen LogP contribution is -2.29. The van der Waals surface area contributed by atoms with Crippen LogP contribution in [0, 0.1) is 6.92 Å². The molecule has 0 saturated carbocycles. The van der Waals surface area contributed by atoms with Crippen molar-refractivity contribution in [2.24, 2.45) is 0 Å². The molecule has 2 N–H and O–H groups in total. The Morgan fingerprint density at radius 1 is 1.06 bits per heavy atom. The molecule has 0 aliphatic carbocycles. The number of furan rings is 1. The third-order valence-corrected chi connectivity index (χ3v) is 6.00. The molecule has 0 amide bonds. The van der Waals surface area contributed by atoms with Gasteiger partial charge >= 0.3 is 5.97 Å². The van der Waals surface area contributed by atoms with Gasteiger partial charge in [0.15, 0.2) is 5.11 Å². The Morgan fingerprint density at radius 3 is 2.67 bits per heavy atom. The number of aromatic carboxylic acids is 1. The van der Waals surface area contributed by atoms with Crippen LogP contribution in [-0.2, 0) is 0 Å². The molecular formula is C26H21N3O3S. The normalized spacial score (nSPS) is 17.7. The largest absolute Gasteiger partial charge is 0.478 e. The number of nitrogens with zero attached hydrogens (tertiary/aromatic N) is 2. The minimum atomic E-state index is -0.977. The maximum absolute atomic E-state index is 11.4. The monoisotopic (exact) mass is 455 g/mol. The van der Waals surface area contributed by atoms with Crippen LogP contribution in [0.15, 0.2) is 89.5 Å². The van der Waals surface area contributed by atoms with E-state index in [9.17, 15) is 9.90 Å². The van der Waals surface area contributed by atoms with Gasteiger partial charge in [0.2, 0.25) is 0 Å². The Morgan fingerprint density at radius 2 is 1.91 bits per heavy atom. The van der Waals surface area contributed by atoms with Crippen molar-refractivity contribution in [2.75, 3.05) is 4.90 Å². The van der Waals surface area contributed by atoms with E-state index in [1.165, 1.54) is 0 Å². The summed E-state index contributed by atoms with van der Waals surface area (Å²) >= 11 is 5.75. The molecule has 0 radical (unpaired) electrons. The second-order valence-electron chi connectivity index (χ2n) is 7.92. The van der Waals surface area contributed by atoms with Gasteiger partial charge in [0, 0.05) is 17.4 Å². The van der Waals surface area contributed by atoms with Crippen LogP contribution in [0.25, 0.3) is 11.3 Å². The summed E-state index contributed by atoms with van der Waals surface area (Å²) in [5.41, 5.74) is 3.85. The molecule has 4 aromatic rings. The van der Waals surface area contributed by atoms with Gasteiger partial charge in [-0.05, 0) is 73.2 Å². The number of thiocarbonyl (C=S) groups is 1. The van der Waals surface area contributed by atoms with Crippen LogP contribution in [0.3, 0.4) is 0 Å². The van der Waals surface area contributed by atoms with E-state index in [1.807, 2.05) is 61.5 Å². The van der Waals surface area contributed by atoms with E-state index in [0.717, 1.165) is 16.9 Å². The van der Waals surface area contributed by atoms with Gasteiger partial charge in [-0.3, -0.25) is 4.98 Å². The van der Waals surface area contributed by atoms with Crippen LogP contribution >= 0.6 is 12.2 Å². The summed E-state index contributed by atoms with van der Waals surface area (Å²) in [6.07, 6.45) is 1.76. The van der Waals surface area contributed by atoms with E-state index in [1.54, 1.807) is 24.4 Å². The lowest BCUT2D eigenvalue weighted by molar-refractivity contribution is 0.0697. The Hall–Kier alpha value is -3.97. The number of hydrogen-bond acceptors (Lipinski definition) is 4. The molecular weight excluding hydrogens is 434 g/mol. The van der Waals surface area contributed by atoms with Gasteiger partial charge in [-0.15, -0.1) is 0 Å². The molecule has 2 aromatic heterocycles. The number of carbonyl (C=O) groups is 1. The number of anilines is 1. The van der Waals surface area contributed by atoms with Gasteiger partial charge in [0.1, 0.15) is 17.6 Å². The number of hydrogen-bond donors (Lipinski definition) is 2. The molecule has 164 valence electrons. The van der Waals surface area contributed by atoms with Crippen molar-refractivity contribution in [3.63, 3.8) is 0 Å². The van der Waals surface area contributed by atoms with Crippen molar-refractivity contribution in [3.05, 3.63) is 108 Å². The average molecular weight is 456 g/mol. The summed E-state index contributed by atoms with van der Waals surface area (Å²) in [5.74, 6) is 0.319. The zero-order valence-electron chi connectivity index (χ0n) is 17.8. The number of aromatic nitrogens is 1. The number of carboxylic acids is 1. The van der Waals surface area contributed by atoms with Crippen molar-refractivity contribution in [2.45, 2.75) is 19.0 Å². The predicted octanol–water partition coefficient (Wildman–Crippen LogP) is 5.53. The van der Waals surface area contributed by atoms with Crippen LogP contribution in [0.5, 0.6) is 0 Å². The van der Waals surface area contributed by atoms with E-state index in [0.29, 0.717) is 22.2 Å². The summed E-state index contributed by atoms with van der Waals surface area (Å²) < 4.78 is 6.31. The molecule has 5 rings (SSSR count). The molecule has 33 heavy (non-hydrogen) atoms. The highest BCUT2D eigenvalue weighted by molar-refractivity contribution is 7.80. The average Bonchev–Trinajstić information content (AvgIpc) is 3.44. The van der Waals surface area contributed by atoms with E-state index in [2.05, 4.69) is 21.3 Å². The Balaban J connectivity index is 1.59. The van der Waals surface area contributed by atoms with E-state index in [-0.39, 0.29) is 17.6 Å². The molecule has 6 nitrogen and oxygen atoms in total. The van der Waals surface area contributed by atoms with Crippen molar-refractivity contribution >= 4 is 29.0 Å². The summed E-state index contributed by atoms with van der Waals surface area (Å²) in [4.78, 5) is 18.0. The quantitative estimate of drug-likeness (QED) is 0.383. The Bertz CT molecular complexity index is 1340. The van der Waals surface area contributed by atoms with Crippen LogP contribution in [0.4, 0.5) is 5.69 Å². The Labute approximate surface area is 196 Å². The summed E-state index contributed by atoms with van der Waals surface area (Å²) in [6, 6.07) is 24.0. The lowest BCUT2D eigenvalue weighted by atomic mass is 10.0. The summed E-state index contributed by atoms with van der Waals surface area (Å²) in [5, 5.41) is 13.3. The number of nitrogens with one attached hydrogen (secondary N) is 1. The molecule has 1 saturated heterocycles. The molecule has 7 heteroatoms. The standard InChI is InChI=1S/C26H21N3O3S/c1-16-6-4-9-19(14-16)29-24(23(28-26(29)33)20-10-2-3-13-27-20)22-12-11-21(32-22)17-7-5-8-18(15-17)25(30)31/h2-15,23-24H,1H3,(H,28,33)(H,30,31)/t23-,24-/m1/s1. The van der Waals surface area contributed by atoms with Gasteiger partial charge in [0.05, 0.1) is 17.3 Å². The molecule has 0 spiro atoms. The molecule has 2 aromatic carbocycles. The highest BCUT2D eigenvalue weighted by Gasteiger charge is 2.42.